The number of amides is 3. The van der Waals surface area contributed by atoms with E-state index in [1.165, 1.54) is 7.11 Å². The summed E-state index contributed by atoms with van der Waals surface area (Å²) in [5.41, 5.74) is 2.22. The molecule has 2 heterocycles. The molecule has 5 aromatic carbocycles. The molecular formula is C44H41N3O7. The zero-order valence-electron chi connectivity index (χ0n) is 30.1. The van der Waals surface area contributed by atoms with Gasteiger partial charge in [-0.25, -0.2) is 0 Å². The van der Waals surface area contributed by atoms with E-state index in [0.717, 1.165) is 11.1 Å². The molecular weight excluding hydrogens is 682 g/mol. The maximum atomic E-state index is 14.4. The molecule has 0 fully saturated rings. The quantitative estimate of drug-likeness (QED) is 0.132. The van der Waals surface area contributed by atoms with Crippen molar-refractivity contribution in [1.29, 1.82) is 0 Å². The largest absolute Gasteiger partial charge is 0.497 e. The predicted octanol–water partition coefficient (Wildman–Crippen LogP) is 7.12. The zero-order chi connectivity index (χ0) is 37.8. The Kier molecular flexibility index (Phi) is 10.3. The molecule has 2 N–H and O–H groups in total. The molecule has 0 spiro atoms. The zero-order valence-corrected chi connectivity index (χ0v) is 30.1. The first-order valence-electron chi connectivity index (χ1n) is 17.8. The van der Waals surface area contributed by atoms with Gasteiger partial charge in [0.1, 0.15) is 11.5 Å². The van der Waals surface area contributed by atoms with Crippen molar-refractivity contribution in [2.24, 2.45) is 5.92 Å². The van der Waals surface area contributed by atoms with Gasteiger partial charge in [0.15, 0.2) is 11.4 Å². The van der Waals surface area contributed by atoms with E-state index < -0.39 is 17.4 Å². The van der Waals surface area contributed by atoms with Crippen molar-refractivity contribution in [1.82, 2.24) is 4.90 Å². The number of carbonyl (C=O) groups is 3. The van der Waals surface area contributed by atoms with E-state index >= 15 is 0 Å². The van der Waals surface area contributed by atoms with Crippen molar-refractivity contribution in [2.45, 2.75) is 32.0 Å². The number of hydrogen-bond donors (Lipinski definition) is 2. The van der Waals surface area contributed by atoms with E-state index in [2.05, 4.69) is 0 Å². The van der Waals surface area contributed by atoms with Gasteiger partial charge in [-0.2, -0.15) is 0 Å². The van der Waals surface area contributed by atoms with Crippen LogP contribution in [0.15, 0.2) is 133 Å². The lowest BCUT2D eigenvalue weighted by atomic mass is 9.83. The number of ether oxygens (including phenoxy) is 2. The fraction of sp³-hybridized carbons (Fsp3) is 0.205. The Morgan fingerprint density at radius 2 is 1.59 bits per heavy atom. The molecule has 2 aliphatic heterocycles. The number of fused-ring (bicyclic) bond motifs is 3. The average molecular weight is 724 g/mol. The van der Waals surface area contributed by atoms with Gasteiger partial charge in [0.2, 0.25) is 5.91 Å². The predicted molar refractivity (Wildman–Crippen MR) is 206 cm³/mol. The second-order valence-corrected chi connectivity index (χ2v) is 13.4. The first-order valence-corrected chi connectivity index (χ1v) is 17.8. The maximum Gasteiger partial charge on any atom is 0.266 e. The van der Waals surface area contributed by atoms with Crippen LogP contribution < -0.4 is 19.3 Å². The lowest BCUT2D eigenvalue weighted by Crippen LogP contribution is -2.44. The molecule has 0 aliphatic carbocycles. The minimum atomic E-state index is -1.96. The molecule has 10 nitrogen and oxygen atoms in total. The number of methoxy groups -OCH3 is 1. The molecule has 7 rings (SSSR count). The molecule has 0 aromatic heterocycles. The maximum absolute atomic E-state index is 14.4. The van der Waals surface area contributed by atoms with Crippen molar-refractivity contribution in [3.8, 4) is 17.2 Å². The average Bonchev–Trinajstić information content (AvgIpc) is 3.31. The van der Waals surface area contributed by atoms with Crippen molar-refractivity contribution in [3.63, 3.8) is 0 Å². The van der Waals surface area contributed by atoms with Crippen LogP contribution >= 0.6 is 0 Å². The third-order valence-electron chi connectivity index (χ3n) is 9.95. The van der Waals surface area contributed by atoms with Crippen LogP contribution in [-0.4, -0.2) is 53.1 Å². The van der Waals surface area contributed by atoms with E-state index in [-0.39, 0.29) is 37.9 Å². The summed E-state index contributed by atoms with van der Waals surface area (Å²) in [5.74, 6) is -0.220. The van der Waals surface area contributed by atoms with Crippen LogP contribution in [0.2, 0.25) is 0 Å². The van der Waals surface area contributed by atoms with Crippen LogP contribution in [0.4, 0.5) is 17.1 Å². The normalized spacial score (nSPS) is 16.7. The number of hydrogen-bond acceptors (Lipinski definition) is 7. The highest BCUT2D eigenvalue weighted by Crippen LogP contribution is 2.48. The molecule has 0 radical (unpaired) electrons. The smallest absolute Gasteiger partial charge is 0.266 e. The highest BCUT2D eigenvalue weighted by atomic mass is 16.5. The minimum Gasteiger partial charge on any atom is -0.497 e. The van der Waals surface area contributed by atoms with Crippen LogP contribution in [0.5, 0.6) is 17.2 Å². The van der Waals surface area contributed by atoms with Crippen molar-refractivity contribution in [2.75, 3.05) is 30.1 Å². The van der Waals surface area contributed by atoms with Crippen LogP contribution in [0.25, 0.3) is 0 Å². The fourth-order valence-corrected chi connectivity index (χ4v) is 7.11. The van der Waals surface area contributed by atoms with Crippen LogP contribution in [0, 0.1) is 5.92 Å². The Labute approximate surface area is 314 Å². The number of para-hydroxylation sites is 3. The van der Waals surface area contributed by atoms with Gasteiger partial charge in [-0.05, 0) is 65.7 Å². The third-order valence-corrected chi connectivity index (χ3v) is 9.95. The van der Waals surface area contributed by atoms with Gasteiger partial charge >= 0.3 is 0 Å². The van der Waals surface area contributed by atoms with E-state index in [1.54, 1.807) is 70.2 Å². The van der Waals surface area contributed by atoms with E-state index in [4.69, 9.17) is 9.47 Å². The summed E-state index contributed by atoms with van der Waals surface area (Å²) in [7, 11) is 1.52. The van der Waals surface area contributed by atoms with Gasteiger partial charge < -0.3 is 29.5 Å². The van der Waals surface area contributed by atoms with E-state index in [0.29, 0.717) is 52.0 Å². The Morgan fingerprint density at radius 3 is 2.37 bits per heavy atom. The molecule has 3 amide bonds. The van der Waals surface area contributed by atoms with Crippen molar-refractivity contribution >= 4 is 34.8 Å². The first kappa shape index (κ1) is 36.1. The van der Waals surface area contributed by atoms with Crippen molar-refractivity contribution < 1.29 is 34.1 Å². The summed E-state index contributed by atoms with van der Waals surface area (Å²) in [5, 5.41) is 21.9. The van der Waals surface area contributed by atoms with Gasteiger partial charge in [-0.1, -0.05) is 85.8 Å². The van der Waals surface area contributed by atoms with Gasteiger partial charge in [0.05, 0.1) is 37.2 Å². The summed E-state index contributed by atoms with van der Waals surface area (Å²) in [6, 6.07) is 36.6. The molecule has 274 valence electrons. The number of anilines is 3. The second-order valence-electron chi connectivity index (χ2n) is 13.4. The van der Waals surface area contributed by atoms with Gasteiger partial charge in [-0.15, -0.1) is 0 Å². The Balaban J connectivity index is 1.15. The van der Waals surface area contributed by atoms with Gasteiger partial charge in [-0.3, -0.25) is 19.3 Å². The first-order chi connectivity index (χ1) is 26.2. The van der Waals surface area contributed by atoms with Gasteiger partial charge in [0.25, 0.3) is 11.8 Å². The van der Waals surface area contributed by atoms with Crippen molar-refractivity contribution in [3.05, 3.63) is 156 Å². The SMILES string of the molecule is COc1ccc2c(c1)[C@](O)([C@@H](C)/C=C/CC(=O)N(CCO)Cc1ccccc1)C(=O)N2Cc1cccc(N2C(=O)c3ccccc3Oc3ccccc32)c1. The van der Waals surface area contributed by atoms with Crippen LogP contribution in [-0.2, 0) is 28.3 Å². The fourth-order valence-electron chi connectivity index (χ4n) is 7.11. The number of aliphatic hydroxyl groups is 2. The standard InChI is InChI=1S/C44H41N3O7/c1-30(12-10-21-41(49)45(24-25-48)28-31-13-4-3-5-14-31)44(52)36-27-34(53-2)22-23-37(36)46(43(44)51)29-32-15-11-16-33(26-32)47-38-18-7-9-20-40(38)54-39-19-8-6-17-35(39)42(47)50/h3-20,22-23,26-27,30,48,52H,21,24-25,28-29H2,1-2H3/b12-10+/t30-,44+/m0/s1. The Bertz CT molecular complexity index is 2220. The molecule has 0 unspecified atom stereocenters. The lowest BCUT2D eigenvalue weighted by Gasteiger charge is -2.28. The summed E-state index contributed by atoms with van der Waals surface area (Å²) in [6.07, 6.45) is 3.37. The molecule has 5 aromatic rings. The lowest BCUT2D eigenvalue weighted by molar-refractivity contribution is -0.139. The Morgan fingerprint density at radius 1 is 0.870 bits per heavy atom. The molecule has 2 atom stereocenters. The molecule has 10 heteroatoms. The molecule has 0 bridgehead atoms. The number of benzene rings is 5. The summed E-state index contributed by atoms with van der Waals surface area (Å²) < 4.78 is 11.7. The topological polar surface area (TPSA) is 120 Å². The number of rotatable bonds is 12. The summed E-state index contributed by atoms with van der Waals surface area (Å²) >= 11 is 0. The highest BCUT2D eigenvalue weighted by molar-refractivity contribution is 6.14. The number of nitrogens with zero attached hydrogens (tertiary/aromatic N) is 3. The molecule has 2 aliphatic rings. The Hall–Kier alpha value is -6.23. The third kappa shape index (κ3) is 6.84. The highest BCUT2D eigenvalue weighted by Gasteiger charge is 2.52. The summed E-state index contributed by atoms with van der Waals surface area (Å²) in [6.45, 7) is 2.21. The second kappa shape index (κ2) is 15.4. The molecule has 0 saturated carbocycles. The molecule has 0 saturated heterocycles. The van der Waals surface area contributed by atoms with E-state index in [1.807, 2.05) is 84.9 Å². The number of aliphatic hydroxyl groups excluding tert-OH is 1. The minimum absolute atomic E-state index is 0.0246. The van der Waals surface area contributed by atoms with E-state index in [9.17, 15) is 24.6 Å². The summed E-state index contributed by atoms with van der Waals surface area (Å²) in [4.78, 5) is 46.4. The van der Waals surface area contributed by atoms with Gasteiger partial charge in [0, 0.05) is 36.7 Å². The van der Waals surface area contributed by atoms with Crippen LogP contribution in [0.1, 0.15) is 40.4 Å². The van der Waals surface area contributed by atoms with Crippen LogP contribution in [0.3, 0.4) is 0 Å². The monoisotopic (exact) mass is 723 g/mol. The molecule has 54 heavy (non-hydrogen) atoms. The number of carbonyl (C=O) groups excluding carboxylic acids is 3.